The van der Waals surface area contributed by atoms with Gasteiger partial charge in [0.05, 0.1) is 29.2 Å². The van der Waals surface area contributed by atoms with Crippen LogP contribution in [0.2, 0.25) is 0 Å². The van der Waals surface area contributed by atoms with Crippen molar-refractivity contribution >= 4 is 38.4 Å². The molecule has 1 N–H and O–H groups in total. The van der Waals surface area contributed by atoms with Crippen molar-refractivity contribution in [3.8, 4) is 10.6 Å². The molecule has 0 radical (unpaired) electrons. The van der Waals surface area contributed by atoms with Gasteiger partial charge in [-0.3, -0.25) is 4.79 Å². The van der Waals surface area contributed by atoms with E-state index in [4.69, 9.17) is 0 Å². The van der Waals surface area contributed by atoms with Gasteiger partial charge in [0.1, 0.15) is 5.01 Å². The van der Waals surface area contributed by atoms with Gasteiger partial charge in [-0.05, 0) is 24.8 Å². The quantitative estimate of drug-likeness (QED) is 0.910. The summed E-state index contributed by atoms with van der Waals surface area (Å²) in [4.78, 5) is 16.6. The van der Waals surface area contributed by atoms with E-state index < -0.39 is 15.4 Å². The van der Waals surface area contributed by atoms with E-state index in [0.717, 1.165) is 10.6 Å². The summed E-state index contributed by atoms with van der Waals surface area (Å²) in [7, 11) is -3.03. The van der Waals surface area contributed by atoms with E-state index >= 15 is 0 Å². The van der Waals surface area contributed by atoms with E-state index in [2.05, 4.69) is 10.3 Å². The fraction of sp³-hybridized carbons (Fsp3) is 0.429. The monoisotopic (exact) mass is 356 g/mol. The van der Waals surface area contributed by atoms with Crippen LogP contribution in [0, 0.1) is 0 Å². The topological polar surface area (TPSA) is 76.1 Å². The van der Waals surface area contributed by atoms with E-state index in [1.165, 1.54) is 11.3 Å². The van der Waals surface area contributed by atoms with Gasteiger partial charge >= 0.3 is 0 Å². The van der Waals surface area contributed by atoms with Crippen molar-refractivity contribution in [3.05, 3.63) is 27.9 Å². The summed E-state index contributed by atoms with van der Waals surface area (Å²) in [6.45, 7) is 1.79. The van der Waals surface area contributed by atoms with Crippen LogP contribution in [-0.2, 0) is 21.1 Å². The number of nitrogens with one attached hydrogen (secondary N) is 1. The van der Waals surface area contributed by atoms with Crippen molar-refractivity contribution in [2.75, 3.05) is 11.5 Å². The lowest BCUT2D eigenvalue weighted by Gasteiger charge is -2.23. The van der Waals surface area contributed by atoms with Gasteiger partial charge in [0.25, 0.3) is 0 Å². The number of aromatic nitrogens is 1. The molecule has 0 bridgehead atoms. The number of hydrogen-bond donors (Lipinski definition) is 1. The minimum atomic E-state index is -3.03. The molecule has 2 aromatic heterocycles. The van der Waals surface area contributed by atoms with Gasteiger partial charge in [-0.15, -0.1) is 11.3 Å². The Morgan fingerprint density at radius 1 is 1.45 bits per heavy atom. The average molecular weight is 356 g/mol. The molecule has 0 spiro atoms. The molecule has 5 nitrogen and oxygen atoms in total. The lowest BCUT2D eigenvalue weighted by molar-refractivity contribution is -0.121. The Hall–Kier alpha value is -1.25. The highest BCUT2D eigenvalue weighted by Crippen LogP contribution is 2.26. The summed E-state index contributed by atoms with van der Waals surface area (Å²) in [6, 6.07) is 2.00. The maximum atomic E-state index is 12.1. The standard InChI is InChI=1S/C14H16N2O3S3/c1-14(3-5-22(18,19)9-14)16-12(17)6-11-8-21-13(15-11)10-2-4-20-7-10/h2,4,7-8H,3,5-6,9H2,1H3,(H,16,17)/t14-/m1/s1. The Labute approximate surface area is 137 Å². The SMILES string of the molecule is C[C@@]1(NC(=O)Cc2csc(-c3ccsc3)n2)CCS(=O)(=O)C1. The van der Waals surface area contributed by atoms with Crippen molar-refractivity contribution in [2.24, 2.45) is 0 Å². The summed E-state index contributed by atoms with van der Waals surface area (Å²) in [5.74, 6) is -0.0204. The van der Waals surface area contributed by atoms with Gasteiger partial charge in [0.15, 0.2) is 9.84 Å². The Morgan fingerprint density at radius 3 is 2.91 bits per heavy atom. The zero-order valence-electron chi connectivity index (χ0n) is 12.0. The average Bonchev–Trinajstić information content (AvgIpc) is 3.09. The van der Waals surface area contributed by atoms with Crippen molar-refractivity contribution in [3.63, 3.8) is 0 Å². The molecule has 3 heterocycles. The lowest BCUT2D eigenvalue weighted by Crippen LogP contribution is -2.47. The number of nitrogens with zero attached hydrogens (tertiary/aromatic N) is 1. The summed E-state index contributed by atoms with van der Waals surface area (Å²) in [6.07, 6.45) is 0.647. The zero-order chi connectivity index (χ0) is 15.8. The summed E-state index contributed by atoms with van der Waals surface area (Å²) in [5.41, 5.74) is 1.13. The fourth-order valence-corrected chi connectivity index (χ4v) is 6.19. The predicted octanol–water partition coefficient (Wildman–Crippen LogP) is 2.11. The molecule has 0 unspecified atom stereocenters. The van der Waals surface area contributed by atoms with E-state index in [1.807, 2.05) is 22.2 Å². The molecule has 1 atom stereocenters. The highest BCUT2D eigenvalue weighted by atomic mass is 32.2. The molecule has 1 fully saturated rings. The van der Waals surface area contributed by atoms with E-state index in [1.54, 1.807) is 18.3 Å². The third-order valence-corrected chi connectivity index (χ3v) is 7.13. The molecule has 118 valence electrons. The fourth-order valence-electron chi connectivity index (χ4n) is 2.56. The Morgan fingerprint density at radius 2 is 2.27 bits per heavy atom. The highest BCUT2D eigenvalue weighted by molar-refractivity contribution is 7.91. The van der Waals surface area contributed by atoms with Crippen LogP contribution in [0.1, 0.15) is 19.0 Å². The second-order valence-corrected chi connectivity index (χ2v) is 9.61. The summed E-state index contributed by atoms with van der Waals surface area (Å²) < 4.78 is 23.1. The highest BCUT2D eigenvalue weighted by Gasteiger charge is 2.39. The van der Waals surface area contributed by atoms with Crippen LogP contribution >= 0.6 is 22.7 Å². The first-order chi connectivity index (χ1) is 10.4. The summed E-state index contributed by atoms with van der Waals surface area (Å²) in [5, 5.41) is 9.64. The first-order valence-corrected chi connectivity index (χ1v) is 10.5. The number of thiazole rings is 1. The maximum Gasteiger partial charge on any atom is 0.226 e. The lowest BCUT2D eigenvalue weighted by atomic mass is 10.0. The van der Waals surface area contributed by atoms with Crippen LogP contribution < -0.4 is 5.32 Å². The van der Waals surface area contributed by atoms with Crippen LogP contribution in [0.3, 0.4) is 0 Å². The third kappa shape index (κ3) is 3.56. The van der Waals surface area contributed by atoms with Gasteiger partial charge in [-0.25, -0.2) is 13.4 Å². The number of carbonyl (C=O) groups excluding carboxylic acids is 1. The van der Waals surface area contributed by atoms with Gasteiger partial charge in [-0.2, -0.15) is 11.3 Å². The first-order valence-electron chi connectivity index (χ1n) is 6.84. The molecule has 0 saturated carbocycles. The molecule has 2 aromatic rings. The third-order valence-electron chi connectivity index (χ3n) is 3.61. The summed E-state index contributed by atoms with van der Waals surface area (Å²) >= 11 is 3.12. The molecule has 0 aliphatic carbocycles. The minimum absolute atomic E-state index is 0.0168. The number of hydrogen-bond acceptors (Lipinski definition) is 6. The zero-order valence-corrected chi connectivity index (χ0v) is 14.5. The minimum Gasteiger partial charge on any atom is -0.350 e. The van der Waals surface area contributed by atoms with Gasteiger partial charge < -0.3 is 5.32 Å². The van der Waals surface area contributed by atoms with E-state index in [9.17, 15) is 13.2 Å². The van der Waals surface area contributed by atoms with Crippen LogP contribution in [0.15, 0.2) is 22.2 Å². The Kier molecular flexibility index (Phi) is 4.09. The molecule has 8 heteroatoms. The largest absolute Gasteiger partial charge is 0.350 e. The molecule has 0 aromatic carbocycles. The molecule has 1 aliphatic heterocycles. The van der Waals surface area contributed by atoms with Crippen LogP contribution in [0.25, 0.3) is 10.6 Å². The normalized spacial score (nSPS) is 23.5. The molecule has 22 heavy (non-hydrogen) atoms. The molecular weight excluding hydrogens is 340 g/mol. The first kappa shape index (κ1) is 15.6. The number of thiophene rings is 1. The maximum absolute atomic E-state index is 12.1. The second kappa shape index (κ2) is 5.75. The number of amides is 1. The van der Waals surface area contributed by atoms with Gasteiger partial charge in [0.2, 0.25) is 5.91 Å². The molecule has 3 rings (SSSR count). The number of rotatable bonds is 4. The second-order valence-electron chi connectivity index (χ2n) is 5.78. The predicted molar refractivity (Wildman–Crippen MR) is 88.9 cm³/mol. The Balaban J connectivity index is 1.63. The van der Waals surface area contributed by atoms with Gasteiger partial charge in [0, 0.05) is 16.3 Å². The molecule has 1 amide bonds. The van der Waals surface area contributed by atoms with Crippen molar-refractivity contribution in [2.45, 2.75) is 25.3 Å². The Bertz CT molecular complexity index is 780. The number of carbonyl (C=O) groups is 1. The van der Waals surface area contributed by atoms with Crippen LogP contribution in [-0.4, -0.2) is 36.4 Å². The molecule has 1 saturated heterocycles. The van der Waals surface area contributed by atoms with E-state index in [0.29, 0.717) is 12.1 Å². The molecular formula is C14H16N2O3S3. The van der Waals surface area contributed by atoms with Crippen molar-refractivity contribution in [1.29, 1.82) is 0 Å². The van der Waals surface area contributed by atoms with Crippen LogP contribution in [0.4, 0.5) is 0 Å². The van der Waals surface area contributed by atoms with Crippen molar-refractivity contribution < 1.29 is 13.2 Å². The molecule has 1 aliphatic rings. The van der Waals surface area contributed by atoms with Crippen LogP contribution in [0.5, 0.6) is 0 Å². The smallest absolute Gasteiger partial charge is 0.226 e. The number of sulfone groups is 1. The van der Waals surface area contributed by atoms with Crippen molar-refractivity contribution in [1.82, 2.24) is 10.3 Å². The van der Waals surface area contributed by atoms with E-state index in [-0.39, 0.29) is 23.8 Å². The van der Waals surface area contributed by atoms with Gasteiger partial charge in [-0.1, -0.05) is 0 Å².